The van der Waals surface area contributed by atoms with Crippen LogP contribution < -0.4 is 10.6 Å². The number of aliphatic hydroxyl groups excluding tert-OH is 1. The van der Waals surface area contributed by atoms with Gasteiger partial charge in [0, 0.05) is 37.0 Å². The van der Waals surface area contributed by atoms with E-state index in [1.165, 1.54) is 49.5 Å². The van der Waals surface area contributed by atoms with Crippen LogP contribution in [0.5, 0.6) is 0 Å². The molecule has 0 saturated heterocycles. The van der Waals surface area contributed by atoms with Crippen LogP contribution in [0.2, 0.25) is 5.02 Å². The Morgan fingerprint density at radius 2 is 1.56 bits per heavy atom. The van der Waals surface area contributed by atoms with Gasteiger partial charge in [0.1, 0.15) is 12.1 Å². The molecule has 15 heteroatoms. The third-order valence-corrected chi connectivity index (χ3v) is 11.1. The summed E-state index contributed by atoms with van der Waals surface area (Å²) in [6.07, 6.45) is 4.33. The molecule has 0 radical (unpaired) electrons. The number of likely N-dealkylation sites (N-methyl/N-ethyl adjacent to an activating group) is 2. The van der Waals surface area contributed by atoms with Crippen LogP contribution in [-0.4, -0.2) is 120 Å². The van der Waals surface area contributed by atoms with Gasteiger partial charge in [-0.3, -0.25) is 24.0 Å². The van der Waals surface area contributed by atoms with Crippen LogP contribution in [0.4, 0.5) is 0 Å². The highest BCUT2D eigenvalue weighted by Gasteiger charge is 2.35. The molecule has 0 spiro atoms. The number of hydrogen-bond acceptors (Lipinski definition) is 10. The number of nitrogens with zero attached hydrogens (tertiary/aromatic N) is 2. The summed E-state index contributed by atoms with van der Waals surface area (Å²) < 4.78 is 11.7. The Kier molecular flexibility index (Phi) is 23.9. The molecule has 59 heavy (non-hydrogen) atoms. The van der Waals surface area contributed by atoms with Crippen molar-refractivity contribution in [1.82, 2.24) is 20.4 Å². The van der Waals surface area contributed by atoms with E-state index in [-0.39, 0.29) is 48.5 Å². The average Bonchev–Trinajstić information content (AvgIpc) is 3.19. The maximum absolute atomic E-state index is 14.0. The quantitative estimate of drug-likeness (QED) is 0.0476. The van der Waals surface area contributed by atoms with Gasteiger partial charge in [-0.25, -0.2) is 4.79 Å². The number of allylic oxidation sites excluding steroid dienone is 1. The van der Waals surface area contributed by atoms with Gasteiger partial charge in [-0.05, 0) is 88.8 Å². The lowest BCUT2D eigenvalue weighted by atomic mass is 9.90. The fraction of sp³-hybridized carbons (Fsp3) is 0.636. The molecular formula is C44H69ClN4O9S. The number of Topliss-reactive ketones (excluding diaryl/α,β-unsaturated/α-hetero) is 1. The molecule has 0 aliphatic rings. The zero-order valence-electron chi connectivity index (χ0n) is 37.3. The molecule has 1 rings (SSSR count). The maximum Gasteiger partial charge on any atom is 0.334 e. The van der Waals surface area contributed by atoms with Crippen molar-refractivity contribution in [3.63, 3.8) is 0 Å². The largest absolute Gasteiger partial charge is 0.449 e. The van der Waals surface area contributed by atoms with E-state index >= 15 is 0 Å². The fourth-order valence-electron chi connectivity index (χ4n) is 6.32. The second kappa shape index (κ2) is 26.5. The molecule has 3 N–H and O–H groups in total. The van der Waals surface area contributed by atoms with Crippen molar-refractivity contribution in [2.24, 2.45) is 17.8 Å². The van der Waals surface area contributed by atoms with E-state index in [4.69, 9.17) is 21.1 Å². The molecule has 0 fully saturated rings. The van der Waals surface area contributed by atoms with E-state index in [2.05, 4.69) is 10.6 Å². The maximum atomic E-state index is 14.0. The summed E-state index contributed by atoms with van der Waals surface area (Å²) in [6, 6.07) is 3.86. The third-order valence-electron chi connectivity index (χ3n) is 10.5. The molecule has 0 heterocycles. The Morgan fingerprint density at radius 1 is 0.949 bits per heavy atom. The van der Waals surface area contributed by atoms with Gasteiger partial charge in [-0.2, -0.15) is 0 Å². The van der Waals surface area contributed by atoms with E-state index in [0.717, 1.165) is 5.57 Å². The predicted octanol–water partition coefficient (Wildman–Crippen LogP) is 5.76. The summed E-state index contributed by atoms with van der Waals surface area (Å²) in [7, 11) is 2.89. The smallest absolute Gasteiger partial charge is 0.334 e. The van der Waals surface area contributed by atoms with Gasteiger partial charge in [0.2, 0.25) is 17.7 Å². The first-order valence-corrected chi connectivity index (χ1v) is 22.0. The average molecular weight is 866 g/mol. The molecule has 8 atom stereocenters. The van der Waals surface area contributed by atoms with Crippen molar-refractivity contribution < 1.29 is 43.3 Å². The van der Waals surface area contributed by atoms with Crippen LogP contribution in [0.1, 0.15) is 94.1 Å². The highest BCUT2D eigenvalue weighted by molar-refractivity contribution is 7.98. The van der Waals surface area contributed by atoms with Crippen molar-refractivity contribution in [3.05, 3.63) is 58.1 Å². The second-order valence-corrected chi connectivity index (χ2v) is 17.1. The monoisotopic (exact) mass is 864 g/mol. The van der Waals surface area contributed by atoms with Crippen molar-refractivity contribution in [2.75, 3.05) is 32.8 Å². The number of hydrogen-bond donors (Lipinski definition) is 3. The Morgan fingerprint density at radius 3 is 2.08 bits per heavy atom. The first-order valence-electron chi connectivity index (χ1n) is 20.2. The van der Waals surface area contributed by atoms with Gasteiger partial charge in [0.05, 0.1) is 30.7 Å². The third kappa shape index (κ3) is 17.8. The predicted molar refractivity (Wildman–Crippen MR) is 235 cm³/mol. The van der Waals surface area contributed by atoms with Gasteiger partial charge in [-0.15, -0.1) is 11.8 Å². The Hall–Kier alpha value is -3.72. The van der Waals surface area contributed by atoms with Crippen LogP contribution in [0.15, 0.2) is 47.6 Å². The standard InChI is InChI=1S/C44H69ClN4O9S/c1-14-27(5)39(32(10)50)47-38(51)24-48(11)43(55)35(23-33-17-19-34(45)20-18-33)49(12)42(54)31(9)46-41(53)37(22-26(3)4)58-44(56)29(7)16-21-36(57-25-59-13)30(8)40(52)28(6)15-2/h15-20,26-27,30-31,35-37,39-40,52H,14,21-25H2,1-13H3,(H,46,53)(H,47,51)/b28-15+,29-16+/t27?,30-,31-,35+,36-,37+,39-,40+/m0/s1. The van der Waals surface area contributed by atoms with Crippen LogP contribution in [-0.2, 0) is 44.7 Å². The SMILES string of the molecule is C/C=C(\C)[C@@H](O)[C@@H](C)[C@H](C/C=C(\C)C(=O)O[C@H](CC(C)C)C(=O)N[C@@H](C)C(=O)N(C)[C@H](Cc1ccc(Cl)cc1)C(=O)N(C)CC(=O)N[C@H](C(C)=O)C(C)CC)OCSC. The molecule has 4 amide bonds. The summed E-state index contributed by atoms with van der Waals surface area (Å²) in [5.74, 6) is -3.25. The van der Waals surface area contributed by atoms with E-state index in [9.17, 15) is 33.9 Å². The van der Waals surface area contributed by atoms with Gasteiger partial charge in [0.25, 0.3) is 5.91 Å². The van der Waals surface area contributed by atoms with Crippen molar-refractivity contribution >= 4 is 58.7 Å². The van der Waals surface area contributed by atoms with Gasteiger partial charge >= 0.3 is 5.97 Å². The number of nitrogens with one attached hydrogen (secondary N) is 2. The van der Waals surface area contributed by atoms with Crippen LogP contribution in [0.3, 0.4) is 0 Å². The Balaban J connectivity index is 3.25. The number of rotatable bonds is 25. The number of carbonyl (C=O) groups excluding carboxylic acids is 6. The van der Waals surface area contributed by atoms with E-state index in [1.807, 2.05) is 60.8 Å². The number of amides is 4. The number of carbonyl (C=O) groups is 6. The molecule has 0 saturated carbocycles. The molecular weight excluding hydrogens is 796 g/mol. The number of ether oxygens (including phenoxy) is 2. The summed E-state index contributed by atoms with van der Waals surface area (Å²) >= 11 is 7.61. The molecule has 1 aromatic carbocycles. The first kappa shape index (κ1) is 53.3. The molecule has 1 unspecified atom stereocenters. The van der Waals surface area contributed by atoms with Crippen molar-refractivity contribution in [3.8, 4) is 0 Å². The number of thioether (sulfide) groups is 1. The summed E-state index contributed by atoms with van der Waals surface area (Å²) in [4.78, 5) is 82.7. The zero-order chi connectivity index (χ0) is 45.1. The van der Waals surface area contributed by atoms with Crippen LogP contribution >= 0.6 is 23.4 Å². The van der Waals surface area contributed by atoms with Crippen molar-refractivity contribution in [1.29, 1.82) is 0 Å². The number of halogens is 1. The molecule has 0 bridgehead atoms. The van der Waals surface area contributed by atoms with Crippen molar-refractivity contribution in [2.45, 2.75) is 131 Å². The van der Waals surface area contributed by atoms with E-state index in [0.29, 0.717) is 29.4 Å². The first-order chi connectivity index (χ1) is 27.6. The summed E-state index contributed by atoms with van der Waals surface area (Å²) in [6.45, 7) is 17.2. The Bertz CT molecular complexity index is 1620. The minimum atomic E-state index is -1.22. The molecule has 0 aliphatic carbocycles. The lowest BCUT2D eigenvalue weighted by Crippen LogP contribution is -2.56. The summed E-state index contributed by atoms with van der Waals surface area (Å²) in [5.41, 5.74) is 1.77. The minimum absolute atomic E-state index is 0.0527. The topological polar surface area (TPSA) is 172 Å². The molecule has 1 aromatic rings. The van der Waals surface area contributed by atoms with E-state index < -0.39 is 66.0 Å². The van der Waals surface area contributed by atoms with Gasteiger partial charge in [-0.1, -0.05) is 76.9 Å². The van der Waals surface area contributed by atoms with E-state index in [1.54, 1.807) is 37.3 Å². The summed E-state index contributed by atoms with van der Waals surface area (Å²) in [5, 5.41) is 16.7. The number of esters is 1. The van der Waals surface area contributed by atoms with Crippen LogP contribution in [0.25, 0.3) is 0 Å². The van der Waals surface area contributed by atoms with Crippen LogP contribution in [0, 0.1) is 17.8 Å². The lowest BCUT2D eigenvalue weighted by molar-refractivity contribution is -0.154. The Labute approximate surface area is 361 Å². The molecule has 0 aliphatic heterocycles. The highest BCUT2D eigenvalue weighted by atomic mass is 35.5. The number of aliphatic hydroxyl groups is 1. The highest BCUT2D eigenvalue weighted by Crippen LogP contribution is 2.23. The lowest BCUT2D eigenvalue weighted by Gasteiger charge is -2.33. The fourth-order valence-corrected chi connectivity index (χ4v) is 6.76. The normalized spacial score (nSPS) is 16.1. The molecule has 0 aromatic heterocycles. The van der Waals surface area contributed by atoms with Gasteiger partial charge < -0.3 is 35.0 Å². The molecule has 332 valence electrons. The van der Waals surface area contributed by atoms with Gasteiger partial charge in [0.15, 0.2) is 11.9 Å². The second-order valence-electron chi connectivity index (χ2n) is 15.9. The number of benzene rings is 1. The molecule has 13 nitrogen and oxygen atoms in total. The zero-order valence-corrected chi connectivity index (χ0v) is 38.9. The minimum Gasteiger partial charge on any atom is -0.449 e. The number of ketones is 1.